The summed E-state index contributed by atoms with van der Waals surface area (Å²) in [7, 11) is 0. The molecule has 0 spiro atoms. The molecule has 1 saturated carbocycles. The smallest absolute Gasteiger partial charge is 0.237 e. The molecule has 1 atom stereocenters. The lowest BCUT2D eigenvalue weighted by Crippen LogP contribution is -2.45. The number of hydrogen-bond donors (Lipinski definition) is 2. The molecule has 0 bridgehead atoms. The van der Waals surface area contributed by atoms with Crippen molar-refractivity contribution in [1.82, 2.24) is 10.6 Å². The number of thioether (sulfide) groups is 1. The molecule has 2 fully saturated rings. The molecule has 92 valence electrons. The second-order valence-corrected chi connectivity index (χ2v) is 6.24. The Morgan fingerprint density at radius 3 is 2.75 bits per heavy atom. The normalized spacial score (nSPS) is 28.2. The maximum absolute atomic E-state index is 11.9. The van der Waals surface area contributed by atoms with Crippen molar-refractivity contribution in [3.05, 3.63) is 0 Å². The van der Waals surface area contributed by atoms with Crippen LogP contribution in [0.3, 0.4) is 0 Å². The van der Waals surface area contributed by atoms with Gasteiger partial charge in [-0.05, 0) is 38.5 Å². The van der Waals surface area contributed by atoms with Gasteiger partial charge >= 0.3 is 0 Å². The largest absolute Gasteiger partial charge is 0.353 e. The fourth-order valence-electron chi connectivity index (χ4n) is 2.75. The Morgan fingerprint density at radius 1 is 1.44 bits per heavy atom. The predicted octanol–water partition coefficient (Wildman–Crippen LogP) is 1.53. The number of hydrogen-bond acceptors (Lipinski definition) is 3. The number of carbonyl (C=O) groups excluding carboxylic acids is 1. The SMILES string of the molecule is CSC1(CNC(=O)[C@@H]2CCCN2)CCCC1. The van der Waals surface area contributed by atoms with Crippen LogP contribution in [0, 0.1) is 0 Å². The Kier molecular flexibility index (Phi) is 4.14. The summed E-state index contributed by atoms with van der Waals surface area (Å²) in [4.78, 5) is 11.9. The van der Waals surface area contributed by atoms with Crippen LogP contribution in [0.2, 0.25) is 0 Å². The topological polar surface area (TPSA) is 41.1 Å². The van der Waals surface area contributed by atoms with Gasteiger partial charge in [-0.25, -0.2) is 0 Å². The number of rotatable bonds is 4. The Morgan fingerprint density at radius 2 is 2.19 bits per heavy atom. The van der Waals surface area contributed by atoms with Gasteiger partial charge < -0.3 is 10.6 Å². The number of nitrogens with one attached hydrogen (secondary N) is 2. The van der Waals surface area contributed by atoms with E-state index < -0.39 is 0 Å². The first-order chi connectivity index (χ1) is 7.76. The van der Waals surface area contributed by atoms with Crippen LogP contribution in [-0.4, -0.2) is 36.0 Å². The summed E-state index contributed by atoms with van der Waals surface area (Å²) >= 11 is 1.93. The fourth-order valence-corrected chi connectivity index (χ4v) is 3.67. The summed E-state index contributed by atoms with van der Waals surface area (Å²) < 4.78 is 0.328. The van der Waals surface area contributed by atoms with Crippen molar-refractivity contribution >= 4 is 17.7 Å². The third-order valence-corrected chi connectivity index (χ3v) is 5.33. The molecule has 0 unspecified atom stereocenters. The molecular formula is C12H22N2OS. The first kappa shape index (κ1) is 12.2. The van der Waals surface area contributed by atoms with Gasteiger partial charge in [-0.15, -0.1) is 0 Å². The van der Waals surface area contributed by atoms with Crippen molar-refractivity contribution in [3.8, 4) is 0 Å². The van der Waals surface area contributed by atoms with E-state index in [0.717, 1.165) is 25.9 Å². The van der Waals surface area contributed by atoms with Crippen LogP contribution < -0.4 is 10.6 Å². The highest BCUT2D eigenvalue weighted by Gasteiger charge is 2.34. The van der Waals surface area contributed by atoms with Gasteiger partial charge in [0.25, 0.3) is 0 Å². The summed E-state index contributed by atoms with van der Waals surface area (Å²) in [6.07, 6.45) is 9.45. The summed E-state index contributed by atoms with van der Waals surface area (Å²) in [6.45, 7) is 1.84. The van der Waals surface area contributed by atoms with Gasteiger partial charge in [0.2, 0.25) is 5.91 Å². The van der Waals surface area contributed by atoms with Crippen LogP contribution >= 0.6 is 11.8 Å². The second kappa shape index (κ2) is 5.41. The Labute approximate surface area is 102 Å². The lowest BCUT2D eigenvalue weighted by Gasteiger charge is -2.27. The van der Waals surface area contributed by atoms with Crippen molar-refractivity contribution in [2.45, 2.75) is 49.3 Å². The van der Waals surface area contributed by atoms with E-state index in [9.17, 15) is 4.79 Å². The summed E-state index contributed by atoms with van der Waals surface area (Å²) in [6, 6.07) is 0.0697. The molecule has 3 nitrogen and oxygen atoms in total. The van der Waals surface area contributed by atoms with Gasteiger partial charge in [-0.1, -0.05) is 12.8 Å². The minimum absolute atomic E-state index is 0.0697. The van der Waals surface area contributed by atoms with Gasteiger partial charge in [0, 0.05) is 11.3 Å². The second-order valence-electron chi connectivity index (χ2n) is 4.96. The van der Waals surface area contributed by atoms with Crippen molar-refractivity contribution < 1.29 is 4.79 Å². The summed E-state index contributed by atoms with van der Waals surface area (Å²) in [5.41, 5.74) is 0. The first-order valence-electron chi connectivity index (χ1n) is 6.32. The van der Waals surface area contributed by atoms with E-state index in [0.29, 0.717) is 4.75 Å². The van der Waals surface area contributed by atoms with E-state index in [1.54, 1.807) is 0 Å². The van der Waals surface area contributed by atoms with Gasteiger partial charge in [0.15, 0.2) is 0 Å². The molecule has 0 aromatic carbocycles. The molecular weight excluding hydrogens is 220 g/mol. The molecule has 2 N–H and O–H groups in total. The van der Waals surface area contributed by atoms with Crippen molar-refractivity contribution in [2.24, 2.45) is 0 Å². The Hall–Kier alpha value is -0.220. The molecule has 0 aromatic rings. The maximum atomic E-state index is 11.9. The van der Waals surface area contributed by atoms with E-state index in [1.807, 2.05) is 11.8 Å². The average molecular weight is 242 g/mol. The molecule has 1 aliphatic heterocycles. The van der Waals surface area contributed by atoms with Gasteiger partial charge in [0.1, 0.15) is 0 Å². The standard InChI is InChI=1S/C12H22N2OS/c1-16-12(6-2-3-7-12)9-14-11(15)10-5-4-8-13-10/h10,13H,2-9H2,1H3,(H,14,15)/t10-/m0/s1. The third kappa shape index (κ3) is 2.72. The predicted molar refractivity (Wildman–Crippen MR) is 68.7 cm³/mol. The van der Waals surface area contributed by atoms with Gasteiger partial charge in [-0.2, -0.15) is 11.8 Å². The van der Waals surface area contributed by atoms with Crippen LogP contribution in [0.25, 0.3) is 0 Å². The zero-order valence-electron chi connectivity index (χ0n) is 10.1. The molecule has 1 saturated heterocycles. The van der Waals surface area contributed by atoms with E-state index in [1.165, 1.54) is 25.7 Å². The van der Waals surface area contributed by atoms with Crippen LogP contribution in [0.15, 0.2) is 0 Å². The van der Waals surface area contributed by atoms with Crippen LogP contribution in [-0.2, 0) is 4.79 Å². The molecule has 0 aromatic heterocycles. The molecule has 2 rings (SSSR count). The lowest BCUT2D eigenvalue weighted by atomic mass is 10.1. The molecule has 1 amide bonds. The van der Waals surface area contributed by atoms with E-state index in [-0.39, 0.29) is 11.9 Å². The summed E-state index contributed by atoms with van der Waals surface area (Å²) in [5.74, 6) is 0.206. The fraction of sp³-hybridized carbons (Fsp3) is 0.917. The quantitative estimate of drug-likeness (QED) is 0.785. The number of amides is 1. The molecule has 16 heavy (non-hydrogen) atoms. The van der Waals surface area contributed by atoms with E-state index >= 15 is 0 Å². The minimum Gasteiger partial charge on any atom is -0.353 e. The van der Waals surface area contributed by atoms with Crippen LogP contribution in [0.5, 0.6) is 0 Å². The van der Waals surface area contributed by atoms with Gasteiger partial charge in [-0.3, -0.25) is 4.79 Å². The third-order valence-electron chi connectivity index (χ3n) is 3.91. The summed E-state index contributed by atoms with van der Waals surface area (Å²) in [5, 5.41) is 6.38. The van der Waals surface area contributed by atoms with E-state index in [4.69, 9.17) is 0 Å². The maximum Gasteiger partial charge on any atom is 0.237 e. The molecule has 1 heterocycles. The molecule has 4 heteroatoms. The number of carbonyl (C=O) groups is 1. The minimum atomic E-state index is 0.0697. The monoisotopic (exact) mass is 242 g/mol. The zero-order valence-corrected chi connectivity index (χ0v) is 10.9. The lowest BCUT2D eigenvalue weighted by molar-refractivity contribution is -0.122. The van der Waals surface area contributed by atoms with Crippen LogP contribution in [0.1, 0.15) is 38.5 Å². The van der Waals surface area contributed by atoms with Crippen molar-refractivity contribution in [1.29, 1.82) is 0 Å². The van der Waals surface area contributed by atoms with Crippen molar-refractivity contribution in [2.75, 3.05) is 19.3 Å². The molecule has 0 radical (unpaired) electrons. The van der Waals surface area contributed by atoms with Crippen LogP contribution in [0.4, 0.5) is 0 Å². The first-order valence-corrected chi connectivity index (χ1v) is 7.54. The average Bonchev–Trinajstić information content (AvgIpc) is 2.98. The Bertz CT molecular complexity index is 245. The molecule has 1 aliphatic carbocycles. The zero-order chi connectivity index (χ0) is 11.4. The highest BCUT2D eigenvalue weighted by atomic mass is 32.2. The van der Waals surface area contributed by atoms with E-state index in [2.05, 4.69) is 16.9 Å². The van der Waals surface area contributed by atoms with Crippen molar-refractivity contribution in [3.63, 3.8) is 0 Å². The van der Waals surface area contributed by atoms with Gasteiger partial charge in [0.05, 0.1) is 6.04 Å². The molecule has 2 aliphatic rings. The Balaban J connectivity index is 1.79. The highest BCUT2D eigenvalue weighted by Crippen LogP contribution is 2.39. The highest BCUT2D eigenvalue weighted by molar-refractivity contribution is 8.00.